The first-order chi connectivity index (χ1) is 8.97. The van der Waals surface area contributed by atoms with E-state index in [9.17, 15) is 18.3 Å². The van der Waals surface area contributed by atoms with Crippen LogP contribution in [0.3, 0.4) is 0 Å². The molecule has 1 aliphatic heterocycles. The highest BCUT2D eigenvalue weighted by molar-refractivity contribution is 5.85. The van der Waals surface area contributed by atoms with Crippen LogP contribution in [0.2, 0.25) is 0 Å². The highest BCUT2D eigenvalue weighted by Crippen LogP contribution is 2.29. The molecule has 2 rings (SSSR count). The van der Waals surface area contributed by atoms with E-state index in [2.05, 4.69) is 10.6 Å². The molecular formula is C13H18ClF3N2O. The van der Waals surface area contributed by atoms with Crippen LogP contribution in [0.5, 0.6) is 0 Å². The minimum absolute atomic E-state index is 0. The SMILES string of the molecule is Cl.OC1CNCC1CNCc1ccc(C(F)(F)F)cc1. The van der Waals surface area contributed by atoms with E-state index < -0.39 is 11.7 Å². The fraction of sp³-hybridized carbons (Fsp3) is 0.538. The highest BCUT2D eigenvalue weighted by atomic mass is 35.5. The molecule has 0 bridgehead atoms. The fourth-order valence-corrected chi connectivity index (χ4v) is 2.14. The molecule has 1 saturated heterocycles. The third-order valence-electron chi connectivity index (χ3n) is 3.32. The van der Waals surface area contributed by atoms with Gasteiger partial charge in [-0.15, -0.1) is 12.4 Å². The average molecular weight is 311 g/mol. The molecule has 0 spiro atoms. The minimum atomic E-state index is -4.29. The molecule has 0 radical (unpaired) electrons. The van der Waals surface area contributed by atoms with Crippen molar-refractivity contribution in [2.75, 3.05) is 19.6 Å². The van der Waals surface area contributed by atoms with E-state index in [0.29, 0.717) is 19.6 Å². The number of nitrogens with one attached hydrogen (secondary N) is 2. The van der Waals surface area contributed by atoms with Gasteiger partial charge in [-0.05, 0) is 17.7 Å². The molecular weight excluding hydrogens is 293 g/mol. The summed E-state index contributed by atoms with van der Waals surface area (Å²) in [5.74, 6) is 0.162. The van der Waals surface area contributed by atoms with Gasteiger partial charge in [-0.2, -0.15) is 13.2 Å². The molecule has 1 fully saturated rings. The molecule has 1 aromatic rings. The van der Waals surface area contributed by atoms with E-state index in [1.54, 1.807) is 0 Å². The lowest BCUT2D eigenvalue weighted by Gasteiger charge is -2.14. The maximum absolute atomic E-state index is 12.4. The van der Waals surface area contributed by atoms with Crippen molar-refractivity contribution in [3.05, 3.63) is 35.4 Å². The van der Waals surface area contributed by atoms with Crippen molar-refractivity contribution in [3.63, 3.8) is 0 Å². The summed E-state index contributed by atoms with van der Waals surface area (Å²) in [5.41, 5.74) is 0.167. The van der Waals surface area contributed by atoms with Gasteiger partial charge in [0.1, 0.15) is 0 Å². The molecule has 114 valence electrons. The Morgan fingerprint density at radius 1 is 1.20 bits per heavy atom. The number of benzene rings is 1. The first-order valence-electron chi connectivity index (χ1n) is 6.22. The van der Waals surface area contributed by atoms with Gasteiger partial charge in [0, 0.05) is 32.1 Å². The van der Waals surface area contributed by atoms with Crippen molar-refractivity contribution in [1.82, 2.24) is 10.6 Å². The number of aliphatic hydroxyl groups excluding tert-OH is 1. The summed E-state index contributed by atoms with van der Waals surface area (Å²) in [5, 5.41) is 15.8. The van der Waals surface area contributed by atoms with Gasteiger partial charge in [-0.3, -0.25) is 0 Å². The first kappa shape index (κ1) is 17.2. The van der Waals surface area contributed by atoms with E-state index in [4.69, 9.17) is 0 Å². The van der Waals surface area contributed by atoms with Gasteiger partial charge in [0.05, 0.1) is 11.7 Å². The zero-order chi connectivity index (χ0) is 13.9. The monoisotopic (exact) mass is 310 g/mol. The van der Waals surface area contributed by atoms with Gasteiger partial charge in [0.15, 0.2) is 0 Å². The van der Waals surface area contributed by atoms with Gasteiger partial charge >= 0.3 is 6.18 Å². The minimum Gasteiger partial charge on any atom is -0.391 e. The Bertz CT molecular complexity index is 411. The van der Waals surface area contributed by atoms with Crippen LogP contribution in [0.15, 0.2) is 24.3 Å². The zero-order valence-electron chi connectivity index (χ0n) is 10.8. The lowest BCUT2D eigenvalue weighted by atomic mass is 10.1. The van der Waals surface area contributed by atoms with Gasteiger partial charge in [-0.1, -0.05) is 12.1 Å². The molecule has 0 aromatic heterocycles. The normalized spacial score (nSPS) is 22.6. The molecule has 0 aliphatic carbocycles. The molecule has 1 aliphatic rings. The molecule has 1 aromatic carbocycles. The van der Waals surface area contributed by atoms with Gasteiger partial charge < -0.3 is 15.7 Å². The Labute approximate surface area is 122 Å². The Hall–Kier alpha value is -0.820. The summed E-state index contributed by atoms with van der Waals surface area (Å²) < 4.78 is 37.1. The molecule has 0 amide bonds. The van der Waals surface area contributed by atoms with Crippen molar-refractivity contribution in [1.29, 1.82) is 0 Å². The van der Waals surface area contributed by atoms with Crippen molar-refractivity contribution in [3.8, 4) is 0 Å². The molecule has 1 heterocycles. The Morgan fingerprint density at radius 2 is 1.85 bits per heavy atom. The molecule has 20 heavy (non-hydrogen) atoms. The molecule has 7 heteroatoms. The standard InChI is InChI=1S/C13H17F3N2O.ClH/c14-13(15,16)11-3-1-9(2-4-11)5-17-6-10-7-18-8-12(10)19;/h1-4,10,12,17-19H,5-8H2;1H. The Balaban J connectivity index is 0.00000200. The largest absolute Gasteiger partial charge is 0.416 e. The Morgan fingerprint density at radius 3 is 2.35 bits per heavy atom. The molecule has 0 saturated carbocycles. The van der Waals surface area contributed by atoms with E-state index in [1.165, 1.54) is 12.1 Å². The smallest absolute Gasteiger partial charge is 0.391 e. The lowest BCUT2D eigenvalue weighted by Crippen LogP contribution is -2.30. The van der Waals surface area contributed by atoms with Crippen molar-refractivity contribution >= 4 is 12.4 Å². The van der Waals surface area contributed by atoms with Gasteiger partial charge in [-0.25, -0.2) is 0 Å². The zero-order valence-corrected chi connectivity index (χ0v) is 11.6. The lowest BCUT2D eigenvalue weighted by molar-refractivity contribution is -0.137. The first-order valence-corrected chi connectivity index (χ1v) is 6.22. The third kappa shape index (κ3) is 4.63. The van der Waals surface area contributed by atoms with E-state index in [0.717, 1.165) is 24.2 Å². The summed E-state index contributed by atoms with van der Waals surface area (Å²) in [6.07, 6.45) is -4.63. The highest BCUT2D eigenvalue weighted by Gasteiger charge is 2.30. The van der Waals surface area contributed by atoms with E-state index in [-0.39, 0.29) is 24.4 Å². The molecule has 2 atom stereocenters. The quantitative estimate of drug-likeness (QED) is 0.794. The molecule has 2 unspecified atom stereocenters. The third-order valence-corrected chi connectivity index (χ3v) is 3.32. The number of hydrogen-bond donors (Lipinski definition) is 3. The van der Waals surface area contributed by atoms with Crippen molar-refractivity contribution in [2.24, 2.45) is 5.92 Å². The second kappa shape index (κ2) is 7.26. The van der Waals surface area contributed by atoms with Crippen LogP contribution >= 0.6 is 12.4 Å². The summed E-state index contributed by atoms with van der Waals surface area (Å²) >= 11 is 0. The number of β-amino-alcohol motifs (C(OH)–C–C–N with tert-alkyl or cyclic N) is 1. The summed E-state index contributed by atoms with van der Waals surface area (Å²) in [4.78, 5) is 0. The second-order valence-corrected chi connectivity index (χ2v) is 4.81. The Kier molecular flexibility index (Phi) is 6.26. The van der Waals surface area contributed by atoms with Crippen molar-refractivity contribution < 1.29 is 18.3 Å². The number of halogens is 4. The second-order valence-electron chi connectivity index (χ2n) is 4.81. The van der Waals surface area contributed by atoms with Crippen LogP contribution in [0.25, 0.3) is 0 Å². The maximum Gasteiger partial charge on any atom is 0.416 e. The van der Waals surface area contributed by atoms with E-state index in [1.807, 2.05) is 0 Å². The number of aliphatic hydroxyl groups is 1. The fourth-order valence-electron chi connectivity index (χ4n) is 2.14. The van der Waals surface area contributed by atoms with Crippen molar-refractivity contribution in [2.45, 2.75) is 18.8 Å². The van der Waals surface area contributed by atoms with Crippen LogP contribution in [0.4, 0.5) is 13.2 Å². The van der Waals surface area contributed by atoms with Crippen LogP contribution in [-0.2, 0) is 12.7 Å². The van der Waals surface area contributed by atoms with Crippen LogP contribution in [-0.4, -0.2) is 30.8 Å². The van der Waals surface area contributed by atoms with Crippen LogP contribution in [0.1, 0.15) is 11.1 Å². The van der Waals surface area contributed by atoms with E-state index >= 15 is 0 Å². The summed E-state index contributed by atoms with van der Waals surface area (Å²) in [7, 11) is 0. The number of rotatable bonds is 4. The molecule has 3 N–H and O–H groups in total. The number of hydrogen-bond acceptors (Lipinski definition) is 3. The van der Waals surface area contributed by atoms with Gasteiger partial charge in [0.25, 0.3) is 0 Å². The van der Waals surface area contributed by atoms with Gasteiger partial charge in [0.2, 0.25) is 0 Å². The summed E-state index contributed by atoms with van der Waals surface area (Å²) in [6, 6.07) is 5.12. The predicted octanol–water partition coefficient (Wildman–Crippen LogP) is 1.80. The van der Waals surface area contributed by atoms with Crippen LogP contribution in [0, 0.1) is 5.92 Å². The average Bonchev–Trinajstić information content (AvgIpc) is 2.75. The summed E-state index contributed by atoms with van der Waals surface area (Å²) in [6.45, 7) is 2.52. The number of alkyl halides is 3. The molecule has 3 nitrogen and oxygen atoms in total. The van der Waals surface area contributed by atoms with Crippen LogP contribution < -0.4 is 10.6 Å². The topological polar surface area (TPSA) is 44.3 Å². The predicted molar refractivity (Wildman–Crippen MR) is 72.8 cm³/mol. The maximum atomic E-state index is 12.4.